The Balaban J connectivity index is 1.60. The number of ether oxygens (including phenoxy) is 1. The van der Waals surface area contributed by atoms with Gasteiger partial charge in [0.25, 0.3) is 0 Å². The van der Waals surface area contributed by atoms with Crippen molar-refractivity contribution >= 4 is 17.2 Å². The predicted molar refractivity (Wildman–Crippen MR) is 107 cm³/mol. The van der Waals surface area contributed by atoms with E-state index in [2.05, 4.69) is 37.0 Å². The predicted octanol–water partition coefficient (Wildman–Crippen LogP) is 6.41. The van der Waals surface area contributed by atoms with Crippen LogP contribution in [-0.2, 0) is 0 Å². The SMILES string of the molecule is CC(=CCN1CCCCC1C)c1ccc(Oc2ccc(Cl)cc2)cc1. The summed E-state index contributed by atoms with van der Waals surface area (Å²) in [5, 5.41) is 0.714. The minimum atomic E-state index is 0.702. The summed E-state index contributed by atoms with van der Waals surface area (Å²) in [5.41, 5.74) is 2.56. The summed E-state index contributed by atoms with van der Waals surface area (Å²) in [6.45, 7) is 6.78. The molecule has 1 saturated heterocycles. The first kappa shape index (κ1) is 18.0. The average Bonchev–Trinajstić information content (AvgIpc) is 2.63. The Morgan fingerprint density at radius 2 is 1.72 bits per heavy atom. The number of allylic oxidation sites excluding steroid dienone is 1. The van der Waals surface area contributed by atoms with Crippen LogP contribution < -0.4 is 4.74 Å². The molecule has 1 unspecified atom stereocenters. The first-order valence-corrected chi connectivity index (χ1v) is 9.44. The quantitative estimate of drug-likeness (QED) is 0.614. The van der Waals surface area contributed by atoms with E-state index in [1.54, 1.807) is 0 Å². The van der Waals surface area contributed by atoms with Crippen molar-refractivity contribution in [3.8, 4) is 11.5 Å². The first-order valence-electron chi connectivity index (χ1n) is 9.06. The Morgan fingerprint density at radius 1 is 1.08 bits per heavy atom. The third-order valence-electron chi connectivity index (χ3n) is 4.93. The molecule has 1 heterocycles. The number of piperidine rings is 1. The molecule has 3 heteroatoms. The smallest absolute Gasteiger partial charge is 0.127 e. The third-order valence-corrected chi connectivity index (χ3v) is 5.18. The van der Waals surface area contributed by atoms with Crippen LogP contribution in [0, 0.1) is 0 Å². The van der Waals surface area contributed by atoms with Crippen molar-refractivity contribution in [2.45, 2.75) is 39.2 Å². The van der Waals surface area contributed by atoms with Crippen molar-refractivity contribution in [3.05, 3.63) is 65.2 Å². The molecule has 2 aromatic rings. The van der Waals surface area contributed by atoms with Crippen LogP contribution in [0.4, 0.5) is 0 Å². The van der Waals surface area contributed by atoms with Gasteiger partial charge in [0.1, 0.15) is 11.5 Å². The topological polar surface area (TPSA) is 12.5 Å². The highest BCUT2D eigenvalue weighted by atomic mass is 35.5. The van der Waals surface area contributed by atoms with E-state index >= 15 is 0 Å². The fourth-order valence-electron chi connectivity index (χ4n) is 3.23. The number of rotatable bonds is 5. The molecule has 0 aliphatic carbocycles. The number of hydrogen-bond acceptors (Lipinski definition) is 2. The second-order valence-corrected chi connectivity index (χ2v) is 7.24. The van der Waals surface area contributed by atoms with E-state index in [9.17, 15) is 0 Å². The molecule has 1 atom stereocenters. The Kier molecular flexibility index (Phi) is 6.17. The van der Waals surface area contributed by atoms with E-state index in [-0.39, 0.29) is 0 Å². The molecular weight excluding hydrogens is 330 g/mol. The fourth-order valence-corrected chi connectivity index (χ4v) is 3.35. The van der Waals surface area contributed by atoms with Gasteiger partial charge in [-0.05, 0) is 80.8 Å². The third kappa shape index (κ3) is 5.10. The maximum Gasteiger partial charge on any atom is 0.127 e. The van der Waals surface area contributed by atoms with Crippen molar-refractivity contribution in [1.29, 1.82) is 0 Å². The Morgan fingerprint density at radius 3 is 2.36 bits per heavy atom. The lowest BCUT2D eigenvalue weighted by atomic mass is 10.0. The van der Waals surface area contributed by atoms with Crippen LogP contribution in [0.15, 0.2) is 54.6 Å². The number of benzene rings is 2. The van der Waals surface area contributed by atoms with Gasteiger partial charge in [0.05, 0.1) is 0 Å². The van der Waals surface area contributed by atoms with Crippen LogP contribution in [0.2, 0.25) is 5.02 Å². The number of nitrogens with zero attached hydrogens (tertiary/aromatic N) is 1. The molecule has 0 spiro atoms. The lowest BCUT2D eigenvalue weighted by Crippen LogP contribution is -2.37. The molecule has 1 aliphatic rings. The van der Waals surface area contributed by atoms with Gasteiger partial charge in [0.2, 0.25) is 0 Å². The minimum absolute atomic E-state index is 0.702. The van der Waals surface area contributed by atoms with Crippen LogP contribution >= 0.6 is 11.6 Å². The summed E-state index contributed by atoms with van der Waals surface area (Å²) in [5.74, 6) is 1.63. The summed E-state index contributed by atoms with van der Waals surface area (Å²) < 4.78 is 5.85. The highest BCUT2D eigenvalue weighted by Crippen LogP contribution is 2.25. The van der Waals surface area contributed by atoms with Crippen LogP contribution in [0.1, 0.15) is 38.7 Å². The van der Waals surface area contributed by atoms with Crippen molar-refractivity contribution in [1.82, 2.24) is 4.90 Å². The number of hydrogen-bond donors (Lipinski definition) is 0. The molecule has 1 aliphatic heterocycles. The lowest BCUT2D eigenvalue weighted by molar-refractivity contribution is 0.179. The largest absolute Gasteiger partial charge is 0.457 e. The van der Waals surface area contributed by atoms with E-state index in [1.807, 2.05) is 36.4 Å². The molecule has 0 bridgehead atoms. The summed E-state index contributed by atoms with van der Waals surface area (Å²) in [4.78, 5) is 2.57. The van der Waals surface area contributed by atoms with Crippen LogP contribution in [0.3, 0.4) is 0 Å². The molecule has 0 amide bonds. The van der Waals surface area contributed by atoms with Gasteiger partial charge in [-0.25, -0.2) is 0 Å². The van der Waals surface area contributed by atoms with Gasteiger partial charge in [-0.15, -0.1) is 0 Å². The lowest BCUT2D eigenvalue weighted by Gasteiger charge is -2.32. The summed E-state index contributed by atoms with van der Waals surface area (Å²) in [7, 11) is 0. The van der Waals surface area contributed by atoms with Gasteiger partial charge in [0, 0.05) is 17.6 Å². The van der Waals surface area contributed by atoms with Crippen LogP contribution in [0.25, 0.3) is 5.57 Å². The average molecular weight is 356 g/mol. The van der Waals surface area contributed by atoms with Gasteiger partial charge >= 0.3 is 0 Å². The standard InChI is InChI=1S/C22H26ClNO/c1-17(14-16-24-15-4-3-5-18(24)2)19-6-10-21(11-7-19)25-22-12-8-20(23)9-13-22/h6-14,18H,3-5,15-16H2,1-2H3. The van der Waals surface area contributed by atoms with Crippen molar-refractivity contribution in [3.63, 3.8) is 0 Å². The maximum atomic E-state index is 5.90. The molecule has 1 fully saturated rings. The van der Waals surface area contributed by atoms with E-state index < -0.39 is 0 Å². The van der Waals surface area contributed by atoms with Crippen molar-refractivity contribution in [2.24, 2.45) is 0 Å². The zero-order chi connectivity index (χ0) is 17.6. The second kappa shape index (κ2) is 8.55. The molecule has 25 heavy (non-hydrogen) atoms. The molecule has 0 N–H and O–H groups in total. The van der Waals surface area contributed by atoms with Crippen LogP contribution in [0.5, 0.6) is 11.5 Å². The zero-order valence-corrected chi connectivity index (χ0v) is 15.8. The molecule has 0 radical (unpaired) electrons. The minimum Gasteiger partial charge on any atom is -0.457 e. The van der Waals surface area contributed by atoms with Gasteiger partial charge in [-0.1, -0.05) is 36.2 Å². The van der Waals surface area contributed by atoms with E-state index in [0.29, 0.717) is 11.1 Å². The van der Waals surface area contributed by atoms with Crippen molar-refractivity contribution in [2.75, 3.05) is 13.1 Å². The Bertz CT molecular complexity index is 706. The van der Waals surface area contributed by atoms with Crippen LogP contribution in [-0.4, -0.2) is 24.0 Å². The van der Waals surface area contributed by atoms with Gasteiger partial charge in [0.15, 0.2) is 0 Å². The summed E-state index contributed by atoms with van der Waals surface area (Å²) in [6.07, 6.45) is 6.36. The molecule has 132 valence electrons. The molecule has 2 nitrogen and oxygen atoms in total. The van der Waals surface area contributed by atoms with Crippen molar-refractivity contribution < 1.29 is 4.74 Å². The highest BCUT2D eigenvalue weighted by Gasteiger charge is 2.16. The molecular formula is C22H26ClNO. The molecule has 3 rings (SSSR count). The number of likely N-dealkylation sites (tertiary alicyclic amines) is 1. The molecule has 0 saturated carbocycles. The second-order valence-electron chi connectivity index (χ2n) is 6.81. The summed E-state index contributed by atoms with van der Waals surface area (Å²) in [6, 6.07) is 16.4. The Labute approximate surface area is 156 Å². The summed E-state index contributed by atoms with van der Waals surface area (Å²) >= 11 is 5.90. The normalized spacial score (nSPS) is 19.0. The Hall–Kier alpha value is -1.77. The fraction of sp³-hybridized carbons (Fsp3) is 0.364. The molecule has 0 aromatic heterocycles. The first-order chi connectivity index (χ1) is 12.1. The van der Waals surface area contributed by atoms with E-state index in [4.69, 9.17) is 16.3 Å². The van der Waals surface area contributed by atoms with Gasteiger partial charge < -0.3 is 4.74 Å². The number of halogens is 1. The van der Waals surface area contributed by atoms with Gasteiger partial charge in [-0.3, -0.25) is 4.90 Å². The molecule has 2 aromatic carbocycles. The maximum absolute atomic E-state index is 5.90. The monoisotopic (exact) mass is 355 g/mol. The highest BCUT2D eigenvalue weighted by molar-refractivity contribution is 6.30. The van der Waals surface area contributed by atoms with E-state index in [0.717, 1.165) is 18.0 Å². The van der Waals surface area contributed by atoms with Gasteiger partial charge in [-0.2, -0.15) is 0 Å². The zero-order valence-electron chi connectivity index (χ0n) is 15.0. The van der Waals surface area contributed by atoms with E-state index in [1.165, 1.54) is 36.9 Å².